The van der Waals surface area contributed by atoms with Crippen molar-refractivity contribution in [3.8, 4) is 0 Å². The molecule has 1 heterocycles. The number of benzene rings is 1. The van der Waals surface area contributed by atoms with E-state index in [1.807, 2.05) is 37.3 Å². The van der Waals surface area contributed by atoms with Gasteiger partial charge >= 0.3 is 0 Å². The van der Waals surface area contributed by atoms with Gasteiger partial charge in [-0.25, -0.2) is 5.43 Å². The van der Waals surface area contributed by atoms with Crippen molar-refractivity contribution in [2.24, 2.45) is 5.10 Å². The smallest absolute Gasteiger partial charge is 0.267 e. The third kappa shape index (κ3) is 4.03. The quantitative estimate of drug-likeness (QED) is 0.672. The Labute approximate surface area is 112 Å². The molecule has 0 aliphatic heterocycles. The molecule has 1 aromatic heterocycles. The maximum Gasteiger partial charge on any atom is 0.272 e. The monoisotopic (exact) mass is 253 g/mol. The average molecular weight is 253 g/mol. The van der Waals surface area contributed by atoms with Crippen LogP contribution in [0.2, 0.25) is 0 Å². The van der Waals surface area contributed by atoms with Crippen LogP contribution >= 0.6 is 0 Å². The van der Waals surface area contributed by atoms with Crippen LogP contribution in [0.1, 0.15) is 22.8 Å². The number of aromatic nitrogens is 1. The second-order valence-corrected chi connectivity index (χ2v) is 4.19. The highest BCUT2D eigenvalue weighted by Gasteiger charge is 2.03. The molecule has 0 atom stereocenters. The van der Waals surface area contributed by atoms with Gasteiger partial charge < -0.3 is 0 Å². The maximum atomic E-state index is 11.7. The summed E-state index contributed by atoms with van der Waals surface area (Å²) in [4.78, 5) is 15.6. The number of nitrogens with zero attached hydrogens (tertiary/aromatic N) is 2. The average Bonchev–Trinajstić information content (AvgIpc) is 2.47. The van der Waals surface area contributed by atoms with Gasteiger partial charge in [0.15, 0.2) is 0 Å². The van der Waals surface area contributed by atoms with Crippen molar-refractivity contribution in [2.45, 2.75) is 13.3 Å². The lowest BCUT2D eigenvalue weighted by Crippen LogP contribution is -2.19. The Hall–Kier alpha value is -2.49. The lowest BCUT2D eigenvalue weighted by Gasteiger charge is -2.02. The Kier molecular flexibility index (Phi) is 4.39. The van der Waals surface area contributed by atoms with Crippen molar-refractivity contribution in [2.75, 3.05) is 0 Å². The summed E-state index contributed by atoms with van der Waals surface area (Å²) in [5, 5.41) is 4.09. The summed E-state index contributed by atoms with van der Waals surface area (Å²) >= 11 is 0. The molecule has 0 bridgehead atoms. The maximum absolute atomic E-state index is 11.7. The van der Waals surface area contributed by atoms with E-state index in [1.54, 1.807) is 18.3 Å². The van der Waals surface area contributed by atoms with Gasteiger partial charge in [-0.3, -0.25) is 9.78 Å². The summed E-state index contributed by atoms with van der Waals surface area (Å²) in [6.07, 6.45) is 3.85. The van der Waals surface area contributed by atoms with Crippen molar-refractivity contribution >= 4 is 11.6 Å². The zero-order chi connectivity index (χ0) is 13.5. The van der Waals surface area contributed by atoms with E-state index < -0.39 is 0 Å². The molecule has 2 rings (SSSR count). The van der Waals surface area contributed by atoms with Crippen LogP contribution in [0.15, 0.2) is 60.0 Å². The number of hydrogen-bond donors (Lipinski definition) is 1. The molecule has 96 valence electrons. The van der Waals surface area contributed by atoms with E-state index in [4.69, 9.17) is 0 Å². The van der Waals surface area contributed by atoms with Crippen LogP contribution in [0.3, 0.4) is 0 Å². The summed E-state index contributed by atoms with van der Waals surface area (Å²) < 4.78 is 0. The molecule has 0 radical (unpaired) electrons. The summed E-state index contributed by atoms with van der Waals surface area (Å²) in [6, 6.07) is 13.4. The van der Waals surface area contributed by atoms with Crippen LogP contribution in [-0.4, -0.2) is 16.6 Å². The van der Waals surface area contributed by atoms with E-state index >= 15 is 0 Å². The lowest BCUT2D eigenvalue weighted by molar-refractivity contribution is 0.0954. The number of rotatable bonds is 4. The van der Waals surface area contributed by atoms with E-state index in [1.165, 1.54) is 11.8 Å². The molecule has 4 heteroatoms. The van der Waals surface area contributed by atoms with Crippen molar-refractivity contribution in [1.29, 1.82) is 0 Å². The fourth-order valence-corrected chi connectivity index (χ4v) is 1.64. The molecule has 0 fully saturated rings. The second kappa shape index (κ2) is 6.44. The van der Waals surface area contributed by atoms with Crippen molar-refractivity contribution < 1.29 is 4.79 Å². The van der Waals surface area contributed by atoms with Crippen molar-refractivity contribution in [3.05, 3.63) is 66.0 Å². The number of pyridine rings is 1. The number of carbonyl (C=O) groups is 1. The molecule has 19 heavy (non-hydrogen) atoms. The van der Waals surface area contributed by atoms with Gasteiger partial charge in [0.05, 0.1) is 5.56 Å². The first kappa shape index (κ1) is 13.0. The minimum absolute atomic E-state index is 0.250. The topological polar surface area (TPSA) is 54.4 Å². The molecule has 2 aromatic rings. The largest absolute Gasteiger partial charge is 0.272 e. The predicted molar refractivity (Wildman–Crippen MR) is 75.0 cm³/mol. The molecule has 0 aliphatic carbocycles. The Morgan fingerprint density at radius 1 is 1.21 bits per heavy atom. The van der Waals surface area contributed by atoms with E-state index in [0.717, 1.165) is 5.71 Å². The highest BCUT2D eigenvalue weighted by Crippen LogP contribution is 2.01. The molecule has 0 aliphatic rings. The Balaban J connectivity index is 1.93. The number of nitrogens with one attached hydrogen (secondary N) is 1. The van der Waals surface area contributed by atoms with E-state index in [2.05, 4.69) is 15.5 Å². The molecule has 0 saturated carbocycles. The predicted octanol–water partition coefficient (Wildman–Crippen LogP) is 2.43. The number of hydrazone groups is 1. The third-order valence-corrected chi connectivity index (χ3v) is 2.57. The minimum Gasteiger partial charge on any atom is -0.267 e. The molecule has 0 saturated heterocycles. The SMILES string of the molecule is CC(Cc1ccccc1)=NNC(=O)c1cccnc1. The van der Waals surface area contributed by atoms with Crippen LogP contribution in [-0.2, 0) is 6.42 Å². The van der Waals surface area contributed by atoms with Gasteiger partial charge in [0.1, 0.15) is 0 Å². The molecular weight excluding hydrogens is 238 g/mol. The Bertz CT molecular complexity index is 564. The summed E-state index contributed by atoms with van der Waals surface area (Å²) in [5.74, 6) is -0.250. The zero-order valence-electron chi connectivity index (χ0n) is 10.7. The van der Waals surface area contributed by atoms with Gasteiger partial charge in [-0.1, -0.05) is 30.3 Å². The summed E-state index contributed by atoms with van der Waals surface area (Å²) in [6.45, 7) is 1.89. The van der Waals surface area contributed by atoms with Crippen LogP contribution in [0.25, 0.3) is 0 Å². The normalized spacial score (nSPS) is 11.1. The number of amides is 1. The van der Waals surface area contributed by atoms with Gasteiger partial charge in [0.25, 0.3) is 5.91 Å². The van der Waals surface area contributed by atoms with Gasteiger partial charge in [-0.05, 0) is 24.6 Å². The van der Waals surface area contributed by atoms with Gasteiger partial charge in [-0.2, -0.15) is 5.10 Å². The van der Waals surface area contributed by atoms with E-state index in [0.29, 0.717) is 12.0 Å². The van der Waals surface area contributed by atoms with Gasteiger partial charge in [-0.15, -0.1) is 0 Å². The second-order valence-electron chi connectivity index (χ2n) is 4.19. The van der Waals surface area contributed by atoms with Crippen LogP contribution in [0, 0.1) is 0 Å². The van der Waals surface area contributed by atoms with Crippen LogP contribution in [0.5, 0.6) is 0 Å². The molecule has 4 nitrogen and oxygen atoms in total. The molecule has 0 spiro atoms. The van der Waals surface area contributed by atoms with E-state index in [9.17, 15) is 4.79 Å². The third-order valence-electron chi connectivity index (χ3n) is 2.57. The molecular formula is C15H15N3O. The molecule has 1 aromatic carbocycles. The Morgan fingerprint density at radius 2 is 2.00 bits per heavy atom. The summed E-state index contributed by atoms with van der Waals surface area (Å²) in [5.41, 5.74) is 5.04. The first-order chi connectivity index (χ1) is 9.25. The van der Waals surface area contributed by atoms with E-state index in [-0.39, 0.29) is 5.91 Å². The first-order valence-corrected chi connectivity index (χ1v) is 6.03. The lowest BCUT2D eigenvalue weighted by atomic mass is 10.1. The van der Waals surface area contributed by atoms with Crippen molar-refractivity contribution in [1.82, 2.24) is 10.4 Å². The first-order valence-electron chi connectivity index (χ1n) is 6.03. The highest BCUT2D eigenvalue weighted by atomic mass is 16.2. The molecule has 0 unspecified atom stereocenters. The zero-order valence-corrected chi connectivity index (χ0v) is 10.7. The highest BCUT2D eigenvalue weighted by molar-refractivity contribution is 5.95. The fraction of sp³-hybridized carbons (Fsp3) is 0.133. The minimum atomic E-state index is -0.250. The van der Waals surface area contributed by atoms with Gasteiger partial charge in [0, 0.05) is 24.5 Å². The van der Waals surface area contributed by atoms with Crippen molar-refractivity contribution in [3.63, 3.8) is 0 Å². The molecule has 1 amide bonds. The molecule has 1 N–H and O–H groups in total. The number of carbonyl (C=O) groups excluding carboxylic acids is 1. The Morgan fingerprint density at radius 3 is 2.68 bits per heavy atom. The van der Waals surface area contributed by atoms with Crippen LogP contribution < -0.4 is 5.43 Å². The van der Waals surface area contributed by atoms with Gasteiger partial charge in [0.2, 0.25) is 0 Å². The fourth-order valence-electron chi connectivity index (χ4n) is 1.64. The van der Waals surface area contributed by atoms with Crippen LogP contribution in [0.4, 0.5) is 0 Å². The summed E-state index contributed by atoms with van der Waals surface area (Å²) in [7, 11) is 0. The number of hydrogen-bond acceptors (Lipinski definition) is 3. The standard InChI is InChI=1S/C15H15N3O/c1-12(10-13-6-3-2-4-7-13)17-18-15(19)14-8-5-9-16-11-14/h2-9,11H,10H2,1H3,(H,18,19).